The minimum atomic E-state index is -3.16. The van der Waals surface area contributed by atoms with Crippen molar-refractivity contribution >= 4 is 15.9 Å². The molecular weight excluding hydrogens is 360 g/mol. The van der Waals surface area contributed by atoms with Crippen LogP contribution in [0.25, 0.3) is 0 Å². The predicted molar refractivity (Wildman–Crippen MR) is 91.7 cm³/mol. The van der Waals surface area contributed by atoms with Crippen LogP contribution in [-0.4, -0.2) is 69.6 Å². The van der Waals surface area contributed by atoms with Gasteiger partial charge in [0, 0.05) is 39.3 Å². The quantitative estimate of drug-likeness (QED) is 0.726. The van der Waals surface area contributed by atoms with E-state index in [1.54, 1.807) is 31.2 Å². The van der Waals surface area contributed by atoms with Gasteiger partial charge in [-0.05, 0) is 12.8 Å². The van der Waals surface area contributed by atoms with Crippen molar-refractivity contribution in [3.63, 3.8) is 0 Å². The Balaban J connectivity index is 1.59. The Labute approximate surface area is 151 Å². The average Bonchev–Trinajstić information content (AvgIpc) is 3.22. The second kappa shape index (κ2) is 7.16. The Morgan fingerprint density at radius 1 is 1.38 bits per heavy atom. The van der Waals surface area contributed by atoms with Gasteiger partial charge in [-0.1, -0.05) is 5.16 Å². The van der Waals surface area contributed by atoms with Gasteiger partial charge in [0.2, 0.25) is 15.9 Å². The van der Waals surface area contributed by atoms with E-state index in [4.69, 9.17) is 4.52 Å². The largest absolute Gasteiger partial charge is 0.340 e. The molecule has 0 aromatic carbocycles. The van der Waals surface area contributed by atoms with Gasteiger partial charge in [0.05, 0.1) is 12.6 Å². The topological polar surface area (TPSA) is 114 Å². The molecule has 0 saturated carbocycles. The highest BCUT2D eigenvalue weighted by molar-refractivity contribution is 7.88. The maximum Gasteiger partial charge on any atom is 0.274 e. The van der Waals surface area contributed by atoms with Gasteiger partial charge in [0.1, 0.15) is 12.2 Å². The highest BCUT2D eigenvalue weighted by Crippen LogP contribution is 2.27. The van der Waals surface area contributed by atoms with Crippen molar-refractivity contribution in [2.75, 3.05) is 26.4 Å². The molecule has 10 nitrogen and oxygen atoms in total. The molecular formula is C15H22N6O4S. The number of amides is 1. The van der Waals surface area contributed by atoms with Crippen LogP contribution in [0.15, 0.2) is 17.0 Å². The number of aryl methyl sites for hydroxylation is 1. The first kappa shape index (κ1) is 18.5. The number of carbonyl (C=O) groups excluding carboxylic acids is 1. The summed E-state index contributed by atoms with van der Waals surface area (Å²) in [4.78, 5) is 22.2. The second-order valence-electron chi connectivity index (χ2n) is 6.57. The van der Waals surface area contributed by atoms with Crippen LogP contribution < -0.4 is 0 Å². The summed E-state index contributed by atoms with van der Waals surface area (Å²) in [5.41, 5.74) is 0.350. The molecule has 0 atom stereocenters. The molecule has 1 aliphatic rings. The van der Waals surface area contributed by atoms with Gasteiger partial charge in [0.15, 0.2) is 5.82 Å². The molecule has 0 unspecified atom stereocenters. The van der Waals surface area contributed by atoms with Crippen molar-refractivity contribution < 1.29 is 17.7 Å². The van der Waals surface area contributed by atoms with E-state index in [0.29, 0.717) is 43.3 Å². The van der Waals surface area contributed by atoms with Crippen molar-refractivity contribution in [2.45, 2.75) is 25.3 Å². The summed E-state index contributed by atoms with van der Waals surface area (Å²) < 4.78 is 31.6. The zero-order valence-corrected chi connectivity index (χ0v) is 15.8. The summed E-state index contributed by atoms with van der Waals surface area (Å²) >= 11 is 0. The molecule has 2 aromatic heterocycles. The number of carbonyl (C=O) groups is 1. The van der Waals surface area contributed by atoms with Crippen molar-refractivity contribution in [3.8, 4) is 0 Å². The molecule has 3 heterocycles. The van der Waals surface area contributed by atoms with Crippen LogP contribution >= 0.6 is 0 Å². The van der Waals surface area contributed by atoms with Crippen molar-refractivity contribution in [3.05, 3.63) is 29.9 Å². The highest BCUT2D eigenvalue weighted by Gasteiger charge is 2.28. The monoisotopic (exact) mass is 382 g/mol. The van der Waals surface area contributed by atoms with Crippen LogP contribution in [0.4, 0.5) is 0 Å². The molecule has 142 valence electrons. The number of aromatic nitrogens is 4. The number of rotatable bonds is 5. The van der Waals surface area contributed by atoms with Gasteiger partial charge in [-0.25, -0.2) is 17.7 Å². The minimum absolute atomic E-state index is 0.0577. The van der Waals surface area contributed by atoms with Crippen LogP contribution in [0.2, 0.25) is 0 Å². The molecule has 0 N–H and O–H groups in total. The number of imidazole rings is 1. The minimum Gasteiger partial charge on any atom is -0.340 e. The van der Waals surface area contributed by atoms with E-state index in [2.05, 4.69) is 15.1 Å². The first-order chi connectivity index (χ1) is 12.2. The summed E-state index contributed by atoms with van der Waals surface area (Å²) in [5.74, 6) is 0.735. The molecule has 0 bridgehead atoms. The van der Waals surface area contributed by atoms with Crippen LogP contribution in [0.3, 0.4) is 0 Å². The normalized spacial score (nSPS) is 16.7. The first-order valence-corrected chi connectivity index (χ1v) is 10.1. The molecule has 1 fully saturated rings. The smallest absolute Gasteiger partial charge is 0.274 e. The zero-order chi connectivity index (χ0) is 18.9. The van der Waals surface area contributed by atoms with Gasteiger partial charge < -0.3 is 14.0 Å². The second-order valence-corrected chi connectivity index (χ2v) is 8.55. The summed E-state index contributed by atoms with van der Waals surface area (Å²) in [7, 11) is 0.280. The number of hydrogen-bond acceptors (Lipinski definition) is 7. The standard InChI is InChI=1S/C15H22N6O4S/c1-19-8-12(16-10-19)15(22)20(2)9-13-17-14(18-25-13)11-4-6-21(7-5-11)26(3,23)24/h8,10-11H,4-7,9H2,1-3H3. The summed E-state index contributed by atoms with van der Waals surface area (Å²) in [6.45, 7) is 1.08. The van der Waals surface area contributed by atoms with E-state index < -0.39 is 10.0 Å². The van der Waals surface area contributed by atoms with Crippen LogP contribution in [0, 0.1) is 0 Å². The highest BCUT2D eigenvalue weighted by atomic mass is 32.2. The average molecular weight is 382 g/mol. The molecule has 0 radical (unpaired) electrons. The third-order valence-electron chi connectivity index (χ3n) is 4.42. The summed E-state index contributed by atoms with van der Waals surface area (Å²) in [5, 5.41) is 4.00. The SMILES string of the molecule is CN(Cc1nc(C2CCN(S(C)(=O)=O)CC2)no1)C(=O)c1cn(C)cn1. The van der Waals surface area contributed by atoms with E-state index >= 15 is 0 Å². The molecule has 0 aliphatic carbocycles. The van der Waals surface area contributed by atoms with Gasteiger partial charge in [-0.2, -0.15) is 4.98 Å². The lowest BCUT2D eigenvalue weighted by atomic mass is 9.98. The predicted octanol–water partition coefficient (Wildman–Crippen LogP) is 0.214. The Bertz CT molecular complexity index is 882. The molecule has 2 aromatic rings. The van der Waals surface area contributed by atoms with Crippen LogP contribution in [0.1, 0.15) is 41.0 Å². The van der Waals surface area contributed by atoms with E-state index in [-0.39, 0.29) is 18.4 Å². The molecule has 3 rings (SSSR count). The lowest BCUT2D eigenvalue weighted by Crippen LogP contribution is -2.37. The fourth-order valence-corrected chi connectivity index (χ4v) is 3.81. The van der Waals surface area contributed by atoms with Crippen molar-refractivity contribution in [1.82, 2.24) is 28.9 Å². The van der Waals surface area contributed by atoms with E-state index in [0.717, 1.165) is 0 Å². The number of nitrogens with zero attached hydrogens (tertiary/aromatic N) is 6. The number of sulfonamides is 1. The number of hydrogen-bond donors (Lipinski definition) is 0. The number of piperidine rings is 1. The maximum atomic E-state index is 12.3. The molecule has 1 saturated heterocycles. The molecule has 1 aliphatic heterocycles. The van der Waals surface area contributed by atoms with Crippen LogP contribution in [0.5, 0.6) is 0 Å². The van der Waals surface area contributed by atoms with Gasteiger partial charge in [-0.3, -0.25) is 4.79 Å². The lowest BCUT2D eigenvalue weighted by Gasteiger charge is -2.28. The molecule has 26 heavy (non-hydrogen) atoms. The van der Waals surface area contributed by atoms with E-state index in [1.807, 2.05) is 0 Å². The molecule has 0 spiro atoms. The molecule has 1 amide bonds. The Morgan fingerprint density at radius 2 is 2.08 bits per heavy atom. The fraction of sp³-hybridized carbons (Fsp3) is 0.600. The maximum absolute atomic E-state index is 12.3. The third-order valence-corrected chi connectivity index (χ3v) is 5.72. The summed E-state index contributed by atoms with van der Waals surface area (Å²) in [6.07, 6.45) is 5.72. The fourth-order valence-electron chi connectivity index (χ4n) is 2.94. The Hall–Kier alpha value is -2.27. The summed E-state index contributed by atoms with van der Waals surface area (Å²) in [6, 6.07) is 0. The van der Waals surface area contributed by atoms with Crippen LogP contribution in [-0.2, 0) is 23.6 Å². The first-order valence-electron chi connectivity index (χ1n) is 8.25. The van der Waals surface area contributed by atoms with Gasteiger partial charge in [0.25, 0.3) is 5.91 Å². The Morgan fingerprint density at radius 3 is 2.65 bits per heavy atom. The van der Waals surface area contributed by atoms with E-state index in [9.17, 15) is 13.2 Å². The van der Waals surface area contributed by atoms with Crippen molar-refractivity contribution in [1.29, 1.82) is 0 Å². The molecule has 11 heteroatoms. The van der Waals surface area contributed by atoms with Gasteiger partial charge >= 0.3 is 0 Å². The van der Waals surface area contributed by atoms with Gasteiger partial charge in [-0.15, -0.1) is 0 Å². The lowest BCUT2D eigenvalue weighted by molar-refractivity contribution is 0.0764. The third kappa shape index (κ3) is 4.10. The van der Waals surface area contributed by atoms with E-state index in [1.165, 1.54) is 15.5 Å². The van der Waals surface area contributed by atoms with Crippen molar-refractivity contribution in [2.24, 2.45) is 7.05 Å². The zero-order valence-electron chi connectivity index (χ0n) is 15.0. The Kier molecular flexibility index (Phi) is 5.10.